The first-order valence-electron chi connectivity index (χ1n) is 15.3. The molecule has 2 aliphatic rings. The van der Waals surface area contributed by atoms with E-state index in [0.29, 0.717) is 5.82 Å². The largest absolute Gasteiger partial charge is 0.228 e. The summed E-state index contributed by atoms with van der Waals surface area (Å²) in [6.45, 7) is 9.11. The third kappa shape index (κ3) is 4.26. The van der Waals surface area contributed by atoms with Gasteiger partial charge in [0.15, 0.2) is 5.82 Å². The number of aromatic nitrogens is 2. The molecule has 5 aromatic carbocycles. The lowest BCUT2D eigenvalue weighted by Gasteiger charge is -2.35. The molecule has 216 valence electrons. The minimum Gasteiger partial charge on any atom is -0.228 e. The molecule has 0 saturated carbocycles. The smallest absolute Gasteiger partial charge is 0.160 e. The van der Waals surface area contributed by atoms with Crippen molar-refractivity contribution in [1.29, 1.82) is 5.26 Å². The predicted molar refractivity (Wildman–Crippen MR) is 183 cm³/mol. The Labute approximate surface area is 268 Å². The van der Waals surface area contributed by atoms with Crippen LogP contribution < -0.4 is 0 Å². The highest BCUT2D eigenvalue weighted by Gasteiger charge is 2.36. The maximum Gasteiger partial charge on any atom is 0.160 e. The van der Waals surface area contributed by atoms with Crippen molar-refractivity contribution in [3.63, 3.8) is 0 Å². The van der Waals surface area contributed by atoms with Gasteiger partial charge in [-0.1, -0.05) is 130 Å². The van der Waals surface area contributed by atoms with Gasteiger partial charge in [-0.15, -0.1) is 0 Å². The number of nitriles is 1. The predicted octanol–water partition coefficient (Wildman–Crippen LogP) is 10.4. The molecule has 8 rings (SSSR count). The molecule has 1 aromatic heterocycles. The van der Waals surface area contributed by atoms with Crippen LogP contribution >= 0.6 is 11.8 Å². The van der Waals surface area contributed by atoms with Crippen LogP contribution in [0.1, 0.15) is 55.5 Å². The van der Waals surface area contributed by atoms with Crippen molar-refractivity contribution < 1.29 is 0 Å². The molecule has 6 aromatic rings. The zero-order chi connectivity index (χ0) is 30.9. The van der Waals surface area contributed by atoms with E-state index in [2.05, 4.69) is 119 Å². The topological polar surface area (TPSA) is 49.6 Å². The molecule has 0 radical (unpaired) electrons. The van der Waals surface area contributed by atoms with Gasteiger partial charge in [0.2, 0.25) is 0 Å². The second kappa shape index (κ2) is 10.0. The summed E-state index contributed by atoms with van der Waals surface area (Å²) in [6, 6.07) is 43.0. The van der Waals surface area contributed by atoms with Crippen molar-refractivity contribution in [3.8, 4) is 51.1 Å². The van der Waals surface area contributed by atoms with E-state index in [9.17, 15) is 5.26 Å². The van der Waals surface area contributed by atoms with Gasteiger partial charge in [-0.05, 0) is 57.6 Å². The highest BCUT2D eigenvalue weighted by molar-refractivity contribution is 7.99. The SMILES string of the molecule is CC1(C)c2ccccc2-c2ccc(-c3cc(-c4ccc5c(c4)Sc4c(C#N)cccc4C5(C)C)nc(-c4ccccc4)n3)cc21. The van der Waals surface area contributed by atoms with E-state index in [1.54, 1.807) is 11.8 Å². The lowest BCUT2D eigenvalue weighted by molar-refractivity contribution is 0.607. The third-order valence-electron chi connectivity index (χ3n) is 9.61. The highest BCUT2D eigenvalue weighted by Crippen LogP contribution is 2.52. The summed E-state index contributed by atoms with van der Waals surface area (Å²) in [5, 5.41) is 9.88. The molecule has 0 bridgehead atoms. The summed E-state index contributed by atoms with van der Waals surface area (Å²) in [6.07, 6.45) is 0. The highest BCUT2D eigenvalue weighted by atomic mass is 32.2. The van der Waals surface area contributed by atoms with Gasteiger partial charge in [0.05, 0.1) is 17.0 Å². The zero-order valence-electron chi connectivity index (χ0n) is 25.7. The van der Waals surface area contributed by atoms with Gasteiger partial charge in [-0.3, -0.25) is 0 Å². The van der Waals surface area contributed by atoms with Gasteiger partial charge in [-0.2, -0.15) is 5.26 Å². The fraction of sp³-hybridized carbons (Fsp3) is 0.146. The molecule has 45 heavy (non-hydrogen) atoms. The van der Waals surface area contributed by atoms with Crippen molar-refractivity contribution in [2.45, 2.75) is 48.3 Å². The van der Waals surface area contributed by atoms with Crippen molar-refractivity contribution >= 4 is 11.8 Å². The van der Waals surface area contributed by atoms with Gasteiger partial charge in [0.25, 0.3) is 0 Å². The van der Waals surface area contributed by atoms with Crippen molar-refractivity contribution in [3.05, 3.63) is 143 Å². The Hall–Kier alpha value is -4.98. The molecule has 1 aliphatic carbocycles. The minimum absolute atomic E-state index is 0.0961. The van der Waals surface area contributed by atoms with Crippen molar-refractivity contribution in [2.75, 3.05) is 0 Å². The van der Waals surface area contributed by atoms with Gasteiger partial charge in [0, 0.05) is 37.3 Å². The quantitative estimate of drug-likeness (QED) is 0.204. The van der Waals surface area contributed by atoms with Crippen LogP contribution in [0.25, 0.3) is 45.0 Å². The van der Waals surface area contributed by atoms with E-state index in [4.69, 9.17) is 9.97 Å². The Morgan fingerprint density at radius 1 is 0.556 bits per heavy atom. The molecular formula is C41H31N3S. The van der Waals surface area contributed by atoms with Crippen LogP contribution in [0.5, 0.6) is 0 Å². The van der Waals surface area contributed by atoms with Gasteiger partial charge < -0.3 is 0 Å². The standard InChI is InChI=1S/C41H31N3S/c1-40(2)31-15-9-8-14-29(31)30-19-17-26(21-34(30)40)35-23-36(44-39(43-35)25-11-6-5-7-12-25)27-18-20-32-37(22-27)45-38-28(24-42)13-10-16-33(38)41(32,3)4/h5-23H,1-4H3. The molecule has 2 heterocycles. The first-order valence-corrected chi connectivity index (χ1v) is 16.1. The molecule has 0 atom stereocenters. The van der Waals surface area contributed by atoms with Crippen molar-refractivity contribution in [1.82, 2.24) is 9.97 Å². The first kappa shape index (κ1) is 27.6. The van der Waals surface area contributed by atoms with Crippen LogP contribution in [-0.4, -0.2) is 9.97 Å². The lowest BCUT2D eigenvalue weighted by atomic mass is 9.77. The monoisotopic (exact) mass is 597 g/mol. The van der Waals surface area contributed by atoms with E-state index in [-0.39, 0.29) is 10.8 Å². The van der Waals surface area contributed by atoms with Crippen LogP contribution in [0.2, 0.25) is 0 Å². The molecule has 0 unspecified atom stereocenters. The molecule has 4 heteroatoms. The number of nitrogens with zero attached hydrogens (tertiary/aromatic N) is 3. The molecule has 0 amide bonds. The van der Waals surface area contributed by atoms with E-state index in [1.165, 1.54) is 33.4 Å². The minimum atomic E-state index is -0.220. The number of hydrogen-bond donors (Lipinski definition) is 0. The molecule has 0 spiro atoms. The Morgan fingerprint density at radius 3 is 1.98 bits per heavy atom. The number of benzene rings is 5. The van der Waals surface area contributed by atoms with E-state index >= 15 is 0 Å². The van der Waals surface area contributed by atoms with Crippen LogP contribution in [0.15, 0.2) is 125 Å². The Balaban J connectivity index is 1.28. The van der Waals surface area contributed by atoms with Gasteiger partial charge >= 0.3 is 0 Å². The summed E-state index contributed by atoms with van der Waals surface area (Å²) < 4.78 is 0. The lowest BCUT2D eigenvalue weighted by Crippen LogP contribution is -2.24. The fourth-order valence-corrected chi connectivity index (χ4v) is 8.58. The number of rotatable bonds is 3. The normalized spacial score (nSPS) is 14.9. The molecular weight excluding hydrogens is 567 g/mol. The summed E-state index contributed by atoms with van der Waals surface area (Å²) >= 11 is 1.69. The summed E-state index contributed by atoms with van der Waals surface area (Å²) in [4.78, 5) is 12.5. The second-order valence-electron chi connectivity index (χ2n) is 13.0. The van der Waals surface area contributed by atoms with Crippen molar-refractivity contribution in [2.24, 2.45) is 0 Å². The maximum absolute atomic E-state index is 9.88. The first-order chi connectivity index (χ1) is 21.8. The Bertz CT molecular complexity index is 2210. The van der Waals surface area contributed by atoms with Crippen LogP contribution in [-0.2, 0) is 10.8 Å². The molecule has 0 N–H and O–H groups in total. The van der Waals surface area contributed by atoms with Gasteiger partial charge in [0.1, 0.15) is 6.07 Å². The molecule has 3 nitrogen and oxygen atoms in total. The summed E-state index contributed by atoms with van der Waals surface area (Å²) in [7, 11) is 0. The van der Waals surface area contributed by atoms with Gasteiger partial charge in [-0.25, -0.2) is 9.97 Å². The average molecular weight is 598 g/mol. The molecule has 1 aliphatic heterocycles. The number of fused-ring (bicyclic) bond motifs is 5. The molecule has 0 fully saturated rings. The van der Waals surface area contributed by atoms with Crippen LogP contribution in [0.3, 0.4) is 0 Å². The van der Waals surface area contributed by atoms with E-state index in [0.717, 1.165) is 43.4 Å². The summed E-state index contributed by atoms with van der Waals surface area (Å²) in [5.41, 5.74) is 13.0. The second-order valence-corrected chi connectivity index (χ2v) is 14.0. The maximum atomic E-state index is 9.88. The third-order valence-corrected chi connectivity index (χ3v) is 10.8. The van der Waals surface area contributed by atoms with Crippen LogP contribution in [0, 0.1) is 11.3 Å². The van der Waals surface area contributed by atoms with E-state index in [1.807, 2.05) is 30.3 Å². The van der Waals surface area contributed by atoms with E-state index < -0.39 is 0 Å². The fourth-order valence-electron chi connectivity index (χ4n) is 7.09. The Morgan fingerprint density at radius 2 is 1.20 bits per heavy atom. The zero-order valence-corrected chi connectivity index (χ0v) is 26.5. The number of hydrogen-bond acceptors (Lipinski definition) is 4. The van der Waals surface area contributed by atoms with Crippen LogP contribution in [0.4, 0.5) is 0 Å². The summed E-state index contributed by atoms with van der Waals surface area (Å²) in [5.74, 6) is 0.703. The Kier molecular flexibility index (Phi) is 6.14. The average Bonchev–Trinajstić information content (AvgIpc) is 3.30. The molecule has 0 saturated heterocycles.